The monoisotopic (exact) mass is 244 g/mol. The maximum Gasteiger partial charge on any atom is 0.0589 e. The van der Waals surface area contributed by atoms with Gasteiger partial charge in [0.25, 0.3) is 0 Å². The second-order valence-electron chi connectivity index (χ2n) is 4.98. The van der Waals surface area contributed by atoms with Crippen molar-refractivity contribution in [2.75, 3.05) is 40.0 Å². The summed E-state index contributed by atoms with van der Waals surface area (Å²) in [6, 6.07) is 1.16. The van der Waals surface area contributed by atoms with Gasteiger partial charge in [0.2, 0.25) is 0 Å². The van der Waals surface area contributed by atoms with Crippen LogP contribution in [0.5, 0.6) is 0 Å². The summed E-state index contributed by atoms with van der Waals surface area (Å²) in [4.78, 5) is 2.32. The summed E-state index contributed by atoms with van der Waals surface area (Å²) in [5.41, 5.74) is 0. The molecule has 2 unspecified atom stereocenters. The third kappa shape index (κ3) is 5.82. The number of hydrogen-bond acceptors (Lipinski definition) is 4. The van der Waals surface area contributed by atoms with Gasteiger partial charge in [-0.05, 0) is 32.7 Å². The minimum atomic E-state index is 0.228. The fraction of sp³-hybridized carbons (Fsp3) is 1.00. The number of piperidine rings is 1. The van der Waals surface area contributed by atoms with E-state index in [1.807, 2.05) is 0 Å². The molecule has 0 amide bonds. The summed E-state index contributed by atoms with van der Waals surface area (Å²) < 4.78 is 5.12. The Hall–Kier alpha value is -0.160. The molecule has 0 radical (unpaired) electrons. The van der Waals surface area contributed by atoms with Crippen LogP contribution in [-0.4, -0.2) is 62.0 Å². The van der Waals surface area contributed by atoms with Crippen molar-refractivity contribution in [3.05, 3.63) is 0 Å². The third-order valence-electron chi connectivity index (χ3n) is 3.63. The van der Waals surface area contributed by atoms with Gasteiger partial charge >= 0.3 is 0 Å². The van der Waals surface area contributed by atoms with Crippen molar-refractivity contribution in [3.8, 4) is 0 Å². The van der Waals surface area contributed by atoms with E-state index in [0.717, 1.165) is 26.2 Å². The number of methoxy groups -OCH3 is 1. The number of aliphatic hydroxyl groups excluding tert-OH is 1. The Labute approximate surface area is 105 Å². The van der Waals surface area contributed by atoms with Crippen LogP contribution >= 0.6 is 0 Å². The van der Waals surface area contributed by atoms with Crippen LogP contribution in [0.4, 0.5) is 0 Å². The zero-order chi connectivity index (χ0) is 12.5. The van der Waals surface area contributed by atoms with Crippen LogP contribution in [-0.2, 0) is 4.74 Å². The van der Waals surface area contributed by atoms with Crippen LogP contribution in [0.1, 0.15) is 32.6 Å². The van der Waals surface area contributed by atoms with Gasteiger partial charge in [0.15, 0.2) is 0 Å². The maximum atomic E-state index is 9.09. The van der Waals surface area contributed by atoms with Crippen molar-refractivity contribution in [1.82, 2.24) is 10.2 Å². The Morgan fingerprint density at radius 3 is 2.82 bits per heavy atom. The molecule has 4 heteroatoms. The Balaban J connectivity index is 2.31. The van der Waals surface area contributed by atoms with Crippen molar-refractivity contribution >= 4 is 0 Å². The second-order valence-corrected chi connectivity index (χ2v) is 4.98. The zero-order valence-electron chi connectivity index (χ0n) is 11.3. The first-order chi connectivity index (χ1) is 8.27. The fourth-order valence-corrected chi connectivity index (χ4v) is 2.58. The lowest BCUT2D eigenvalue weighted by Gasteiger charge is -2.33. The van der Waals surface area contributed by atoms with Gasteiger partial charge in [-0.1, -0.05) is 6.42 Å². The summed E-state index contributed by atoms with van der Waals surface area (Å²) in [5, 5.41) is 12.7. The minimum Gasteiger partial charge on any atom is -0.395 e. The molecule has 1 fully saturated rings. The minimum absolute atomic E-state index is 0.228. The van der Waals surface area contributed by atoms with Crippen molar-refractivity contribution in [2.24, 2.45) is 0 Å². The Bertz CT molecular complexity index is 184. The van der Waals surface area contributed by atoms with Gasteiger partial charge in [0, 0.05) is 32.3 Å². The molecule has 102 valence electrons. The first kappa shape index (κ1) is 14.9. The molecule has 0 bridgehead atoms. The highest BCUT2D eigenvalue weighted by Gasteiger charge is 2.19. The molecule has 0 spiro atoms. The number of rotatable bonds is 8. The van der Waals surface area contributed by atoms with Crippen LogP contribution in [0, 0.1) is 0 Å². The average Bonchev–Trinajstić information content (AvgIpc) is 2.35. The lowest BCUT2D eigenvalue weighted by molar-refractivity contribution is 0.0976. The number of ether oxygens (including phenoxy) is 1. The highest BCUT2D eigenvalue weighted by Crippen LogP contribution is 2.14. The lowest BCUT2D eigenvalue weighted by Crippen LogP contribution is -2.43. The predicted molar refractivity (Wildman–Crippen MR) is 70.3 cm³/mol. The zero-order valence-corrected chi connectivity index (χ0v) is 11.3. The molecule has 17 heavy (non-hydrogen) atoms. The van der Waals surface area contributed by atoms with Gasteiger partial charge < -0.3 is 15.2 Å². The number of nitrogens with one attached hydrogen (secondary N) is 1. The summed E-state index contributed by atoms with van der Waals surface area (Å²) >= 11 is 0. The van der Waals surface area contributed by atoms with Crippen LogP contribution in [0.25, 0.3) is 0 Å². The highest BCUT2D eigenvalue weighted by molar-refractivity contribution is 4.78. The van der Waals surface area contributed by atoms with E-state index in [0.29, 0.717) is 12.1 Å². The number of nitrogens with zero attached hydrogens (tertiary/aromatic N) is 1. The van der Waals surface area contributed by atoms with Crippen molar-refractivity contribution in [2.45, 2.75) is 44.7 Å². The standard InChI is InChI=1S/C13H28N2O2/c1-12(11-13-5-3-4-6-14-13)15(7-9-16)8-10-17-2/h12-14,16H,3-11H2,1-2H3. The Kier molecular flexibility index (Phi) is 7.77. The molecule has 1 saturated heterocycles. The summed E-state index contributed by atoms with van der Waals surface area (Å²) in [7, 11) is 1.73. The van der Waals surface area contributed by atoms with E-state index in [1.165, 1.54) is 25.7 Å². The summed E-state index contributed by atoms with van der Waals surface area (Å²) in [6.45, 7) is 6.04. The quantitative estimate of drug-likeness (QED) is 0.664. The average molecular weight is 244 g/mol. The molecular weight excluding hydrogens is 216 g/mol. The van der Waals surface area contributed by atoms with Crippen molar-refractivity contribution in [3.63, 3.8) is 0 Å². The molecule has 2 atom stereocenters. The van der Waals surface area contributed by atoms with E-state index in [4.69, 9.17) is 9.84 Å². The molecule has 0 aromatic rings. The largest absolute Gasteiger partial charge is 0.395 e. The molecule has 4 nitrogen and oxygen atoms in total. The van der Waals surface area contributed by atoms with Crippen LogP contribution < -0.4 is 5.32 Å². The van der Waals surface area contributed by atoms with Gasteiger partial charge in [-0.15, -0.1) is 0 Å². The van der Waals surface area contributed by atoms with Gasteiger partial charge in [-0.25, -0.2) is 0 Å². The Morgan fingerprint density at radius 2 is 2.24 bits per heavy atom. The van der Waals surface area contributed by atoms with Gasteiger partial charge in [0.1, 0.15) is 0 Å². The summed E-state index contributed by atoms with van der Waals surface area (Å²) in [5.74, 6) is 0. The van der Waals surface area contributed by atoms with Crippen molar-refractivity contribution in [1.29, 1.82) is 0 Å². The molecule has 2 N–H and O–H groups in total. The first-order valence-electron chi connectivity index (χ1n) is 6.85. The van der Waals surface area contributed by atoms with E-state index in [2.05, 4.69) is 17.1 Å². The van der Waals surface area contributed by atoms with Gasteiger partial charge in [-0.3, -0.25) is 4.90 Å². The summed E-state index contributed by atoms with van der Waals surface area (Å²) in [6.07, 6.45) is 5.13. The van der Waals surface area contributed by atoms with Gasteiger partial charge in [-0.2, -0.15) is 0 Å². The molecule has 0 aliphatic carbocycles. The number of aliphatic hydroxyl groups is 1. The SMILES string of the molecule is COCCN(CCO)C(C)CC1CCCCN1. The molecule has 1 heterocycles. The lowest BCUT2D eigenvalue weighted by atomic mass is 9.98. The topological polar surface area (TPSA) is 44.7 Å². The van der Waals surface area contributed by atoms with E-state index >= 15 is 0 Å². The normalized spacial score (nSPS) is 22.9. The van der Waals surface area contributed by atoms with E-state index in [9.17, 15) is 0 Å². The molecular formula is C13H28N2O2. The van der Waals surface area contributed by atoms with Gasteiger partial charge in [0.05, 0.1) is 13.2 Å². The highest BCUT2D eigenvalue weighted by atomic mass is 16.5. The first-order valence-corrected chi connectivity index (χ1v) is 6.85. The van der Waals surface area contributed by atoms with E-state index < -0.39 is 0 Å². The fourth-order valence-electron chi connectivity index (χ4n) is 2.58. The van der Waals surface area contributed by atoms with Crippen LogP contribution in [0.15, 0.2) is 0 Å². The third-order valence-corrected chi connectivity index (χ3v) is 3.63. The predicted octanol–water partition coefficient (Wildman–Crippen LogP) is 0.848. The molecule has 0 aromatic carbocycles. The van der Waals surface area contributed by atoms with E-state index in [1.54, 1.807) is 7.11 Å². The number of hydrogen-bond donors (Lipinski definition) is 2. The molecule has 1 rings (SSSR count). The molecule has 0 saturated carbocycles. The molecule has 1 aliphatic rings. The Morgan fingerprint density at radius 1 is 1.41 bits per heavy atom. The second kappa shape index (κ2) is 8.86. The van der Waals surface area contributed by atoms with Crippen molar-refractivity contribution < 1.29 is 9.84 Å². The van der Waals surface area contributed by atoms with Crippen LogP contribution in [0.2, 0.25) is 0 Å². The maximum absolute atomic E-state index is 9.09. The molecule has 1 aliphatic heterocycles. The smallest absolute Gasteiger partial charge is 0.0589 e. The van der Waals surface area contributed by atoms with E-state index in [-0.39, 0.29) is 6.61 Å². The molecule has 0 aromatic heterocycles. The van der Waals surface area contributed by atoms with Crippen LogP contribution in [0.3, 0.4) is 0 Å².